The van der Waals surface area contributed by atoms with Crippen LogP contribution >= 0.6 is 47.8 Å². The number of carbonyl (C=O) groups is 1. The largest absolute Gasteiger partial charge is 0.508 e. The van der Waals surface area contributed by atoms with Crippen LogP contribution in [0.5, 0.6) is 0 Å². The molecule has 32 heavy (non-hydrogen) atoms. The lowest BCUT2D eigenvalue weighted by Crippen LogP contribution is -2.28. The van der Waals surface area contributed by atoms with Crippen LogP contribution in [0.15, 0.2) is 17.6 Å². The molecule has 2 aromatic rings. The Hall–Kier alpha value is -1.35. The minimum absolute atomic E-state index is 0.00835. The van der Waals surface area contributed by atoms with Crippen LogP contribution in [0, 0.1) is 0 Å². The number of aliphatic hydroxyl groups excluding tert-OH is 1. The lowest BCUT2D eigenvalue weighted by atomic mass is 10.2. The summed E-state index contributed by atoms with van der Waals surface area (Å²) in [5.74, 6) is 1.47. The van der Waals surface area contributed by atoms with Gasteiger partial charge in [0, 0.05) is 26.4 Å². The van der Waals surface area contributed by atoms with Gasteiger partial charge in [-0.1, -0.05) is 47.8 Å². The van der Waals surface area contributed by atoms with E-state index in [4.69, 9.17) is 14.2 Å². The second kappa shape index (κ2) is 9.87. The smallest absolute Gasteiger partial charge is 0.431 e. The van der Waals surface area contributed by atoms with E-state index in [-0.39, 0.29) is 13.2 Å². The van der Waals surface area contributed by atoms with Crippen molar-refractivity contribution in [3.63, 3.8) is 0 Å². The molecule has 4 rings (SSSR count). The number of alkyl halides is 3. The normalized spacial score (nSPS) is 25.1. The first-order chi connectivity index (χ1) is 15.2. The Morgan fingerprint density at radius 2 is 2.16 bits per heavy atom. The highest BCUT2D eigenvalue weighted by Gasteiger charge is 2.37. The molecular weight excluding hydrogens is 620 g/mol. The predicted molar refractivity (Wildman–Crippen MR) is 126 cm³/mol. The minimum atomic E-state index is -0.867. The highest BCUT2D eigenvalue weighted by molar-refractivity contribution is 9.39. The number of aromatic nitrogens is 4. The molecule has 0 aromatic carbocycles. The van der Waals surface area contributed by atoms with Crippen LogP contribution in [0.25, 0.3) is 11.2 Å². The molecule has 2 fully saturated rings. The molecule has 11 nitrogen and oxygen atoms in total. The molecule has 0 bridgehead atoms. The molecule has 0 unspecified atom stereocenters. The van der Waals surface area contributed by atoms with E-state index >= 15 is 0 Å². The molecular formula is C18H21Br3N6O5. The van der Waals surface area contributed by atoms with Gasteiger partial charge in [-0.05, 0) is 6.42 Å². The molecule has 0 aliphatic carbocycles. The van der Waals surface area contributed by atoms with Gasteiger partial charge in [-0.3, -0.25) is 4.57 Å². The van der Waals surface area contributed by atoms with Crippen LogP contribution in [0.1, 0.15) is 25.5 Å². The molecule has 0 saturated carbocycles. The molecule has 4 heterocycles. The van der Waals surface area contributed by atoms with E-state index in [1.54, 1.807) is 10.9 Å². The first kappa shape index (κ1) is 23.8. The van der Waals surface area contributed by atoms with Crippen molar-refractivity contribution >= 4 is 76.8 Å². The van der Waals surface area contributed by atoms with Crippen molar-refractivity contribution in [2.75, 3.05) is 26.8 Å². The van der Waals surface area contributed by atoms with E-state index in [0.717, 1.165) is 25.2 Å². The summed E-state index contributed by atoms with van der Waals surface area (Å²) in [5.41, 5.74) is 1.12. The van der Waals surface area contributed by atoms with Gasteiger partial charge < -0.3 is 24.2 Å². The summed E-state index contributed by atoms with van der Waals surface area (Å²) >= 11 is 9.67. The lowest BCUT2D eigenvalue weighted by Gasteiger charge is -2.16. The molecule has 2 aliphatic rings. The van der Waals surface area contributed by atoms with Gasteiger partial charge in [-0.15, -0.1) is 0 Å². The van der Waals surface area contributed by atoms with Crippen LogP contribution in [-0.4, -0.2) is 82.7 Å². The van der Waals surface area contributed by atoms with Gasteiger partial charge in [-0.2, -0.15) is 0 Å². The third-order valence-electron chi connectivity index (χ3n) is 5.14. The van der Waals surface area contributed by atoms with Crippen LogP contribution in [-0.2, 0) is 14.2 Å². The fraction of sp³-hybridized carbons (Fsp3) is 0.611. The molecule has 0 amide bonds. The number of hydrogen-bond donors (Lipinski definition) is 1. The van der Waals surface area contributed by atoms with Crippen molar-refractivity contribution in [3.8, 4) is 0 Å². The first-order valence-corrected chi connectivity index (χ1v) is 12.3. The van der Waals surface area contributed by atoms with E-state index in [2.05, 4.69) is 72.6 Å². The SMILES string of the molecule is CN1CCCC1=Nc1ncnc2c1ncn2[C@H]1C[C@H](O)[C@@H](COC(=O)OCC(Br)(Br)Br)O1. The molecule has 2 aromatic heterocycles. The quantitative estimate of drug-likeness (QED) is 0.388. The Morgan fingerprint density at radius 3 is 2.88 bits per heavy atom. The number of imidazole rings is 1. The fourth-order valence-corrected chi connectivity index (χ4v) is 3.90. The van der Waals surface area contributed by atoms with Crippen molar-refractivity contribution in [1.29, 1.82) is 0 Å². The summed E-state index contributed by atoms with van der Waals surface area (Å²) < 4.78 is 16.9. The highest BCUT2D eigenvalue weighted by Crippen LogP contribution is 2.34. The molecule has 2 aliphatic heterocycles. The Morgan fingerprint density at radius 1 is 1.34 bits per heavy atom. The number of likely N-dealkylation sites (tertiary alicyclic amines) is 1. The topological polar surface area (TPSA) is 124 Å². The monoisotopic (exact) mass is 638 g/mol. The zero-order valence-corrected chi connectivity index (χ0v) is 21.8. The van der Waals surface area contributed by atoms with Crippen molar-refractivity contribution < 1.29 is 24.1 Å². The Labute approximate surface area is 208 Å². The Kier molecular flexibility index (Phi) is 7.34. The van der Waals surface area contributed by atoms with Gasteiger partial charge in [0.15, 0.2) is 19.1 Å². The number of aliphatic imine (C=N–C) groups is 1. The number of ether oxygens (including phenoxy) is 3. The average molecular weight is 641 g/mol. The summed E-state index contributed by atoms with van der Waals surface area (Å²) in [4.78, 5) is 31.6. The van der Waals surface area contributed by atoms with Crippen molar-refractivity contribution in [2.24, 2.45) is 4.99 Å². The maximum absolute atomic E-state index is 11.7. The zero-order valence-electron chi connectivity index (χ0n) is 17.0. The molecule has 2 saturated heterocycles. The highest BCUT2D eigenvalue weighted by atomic mass is 80.0. The zero-order chi connectivity index (χ0) is 22.9. The number of carbonyl (C=O) groups excluding carboxylic acids is 1. The Bertz CT molecular complexity index is 1010. The van der Waals surface area contributed by atoms with Gasteiger partial charge in [-0.25, -0.2) is 24.7 Å². The van der Waals surface area contributed by atoms with Crippen LogP contribution < -0.4 is 0 Å². The van der Waals surface area contributed by atoms with E-state index in [1.165, 1.54) is 6.33 Å². The third-order valence-corrected chi connectivity index (χ3v) is 5.83. The summed E-state index contributed by atoms with van der Waals surface area (Å²) in [5, 5.41) is 10.4. The Balaban J connectivity index is 1.43. The van der Waals surface area contributed by atoms with E-state index in [1.807, 2.05) is 7.05 Å². The standard InChI is InChI=1S/C18H21Br3N6O5/c1-26-4-2-3-12(26)25-15-14-16(23-8-22-15)27(9-24-14)13-5-10(28)11(32-13)6-30-17(29)31-7-18(19,20)21/h8-11,13,28H,2-7H2,1H3/t10-,11+,13+/m0/s1. The number of halogens is 3. The van der Waals surface area contributed by atoms with Gasteiger partial charge in [0.2, 0.25) is 0 Å². The number of rotatable bonds is 5. The maximum Gasteiger partial charge on any atom is 0.508 e. The van der Waals surface area contributed by atoms with Crippen LogP contribution in [0.2, 0.25) is 0 Å². The lowest BCUT2D eigenvalue weighted by molar-refractivity contribution is -0.0563. The molecule has 1 N–H and O–H groups in total. The summed E-state index contributed by atoms with van der Waals surface area (Å²) in [6.45, 7) is 0.810. The van der Waals surface area contributed by atoms with Gasteiger partial charge in [0.05, 0.1) is 12.4 Å². The van der Waals surface area contributed by atoms with E-state index in [0.29, 0.717) is 23.4 Å². The van der Waals surface area contributed by atoms with Crippen molar-refractivity contribution in [2.45, 2.75) is 39.8 Å². The van der Waals surface area contributed by atoms with Gasteiger partial charge in [0.25, 0.3) is 0 Å². The maximum atomic E-state index is 11.7. The number of hydrogen-bond acceptors (Lipinski definition) is 9. The van der Waals surface area contributed by atoms with Crippen molar-refractivity contribution in [1.82, 2.24) is 24.4 Å². The molecule has 174 valence electrons. The van der Waals surface area contributed by atoms with Crippen LogP contribution in [0.4, 0.5) is 10.6 Å². The second-order valence-electron chi connectivity index (χ2n) is 7.47. The van der Waals surface area contributed by atoms with Gasteiger partial charge in [0.1, 0.15) is 37.7 Å². The summed E-state index contributed by atoms with van der Waals surface area (Å²) in [7, 11) is 2.00. The summed E-state index contributed by atoms with van der Waals surface area (Å²) in [6, 6.07) is 0. The number of fused-ring (bicyclic) bond motifs is 1. The third kappa shape index (κ3) is 5.58. The number of amidine groups is 1. The fourth-order valence-electron chi connectivity index (χ4n) is 3.56. The average Bonchev–Trinajstić information content (AvgIpc) is 3.43. The predicted octanol–water partition coefficient (Wildman–Crippen LogP) is 3.22. The number of aliphatic hydroxyl groups is 1. The second-order valence-corrected chi connectivity index (χ2v) is 14.7. The molecule has 0 spiro atoms. The number of nitrogens with zero attached hydrogens (tertiary/aromatic N) is 6. The first-order valence-electron chi connectivity index (χ1n) is 9.87. The minimum Gasteiger partial charge on any atom is -0.431 e. The van der Waals surface area contributed by atoms with E-state index in [9.17, 15) is 9.90 Å². The summed E-state index contributed by atoms with van der Waals surface area (Å²) in [6.07, 6.45) is 2.35. The van der Waals surface area contributed by atoms with Crippen LogP contribution in [0.3, 0.4) is 0 Å². The molecule has 3 atom stereocenters. The van der Waals surface area contributed by atoms with Gasteiger partial charge >= 0.3 is 6.16 Å². The molecule has 14 heteroatoms. The van der Waals surface area contributed by atoms with E-state index < -0.39 is 26.7 Å². The molecule has 0 radical (unpaired) electrons. The van der Waals surface area contributed by atoms with Crippen molar-refractivity contribution in [3.05, 3.63) is 12.7 Å².